The third kappa shape index (κ3) is 1.89. The van der Waals surface area contributed by atoms with E-state index in [0.717, 1.165) is 0 Å². The summed E-state index contributed by atoms with van der Waals surface area (Å²) in [5.74, 6) is 0.534. The van der Waals surface area contributed by atoms with Gasteiger partial charge in [0.2, 0.25) is 6.39 Å². The van der Waals surface area contributed by atoms with Gasteiger partial charge in [0.25, 0.3) is 6.01 Å². The van der Waals surface area contributed by atoms with Crippen molar-refractivity contribution in [2.45, 2.75) is 6.54 Å². The topological polar surface area (TPSA) is 103 Å². The number of rotatable bonds is 3. The number of hydrogen-bond donors (Lipinski definition) is 2. The molecule has 0 amide bonds. The fourth-order valence-corrected chi connectivity index (χ4v) is 1.45. The number of fused-ring (bicyclic) bond motifs is 1. The fraction of sp³-hybridized carbons (Fsp3) is 0.100. The van der Waals surface area contributed by atoms with Crippen molar-refractivity contribution in [3.63, 3.8) is 0 Å². The van der Waals surface area contributed by atoms with Gasteiger partial charge in [0.05, 0.1) is 6.54 Å². The summed E-state index contributed by atoms with van der Waals surface area (Å²) in [6, 6.07) is 5.68. The van der Waals surface area contributed by atoms with Crippen LogP contribution in [0.25, 0.3) is 11.1 Å². The standard InChI is InChI=1S/C10H9N5O2/c11-6-1-2-8-7(3-6)14-10(17-8)12-4-9-13-5-16-15-9/h1-3,5H,4,11H2,(H,12,14). The summed E-state index contributed by atoms with van der Waals surface area (Å²) in [6.45, 7) is 0.388. The molecule has 0 saturated carbocycles. The van der Waals surface area contributed by atoms with Crippen LogP contribution in [0.4, 0.5) is 11.7 Å². The van der Waals surface area contributed by atoms with Crippen molar-refractivity contribution >= 4 is 22.8 Å². The molecule has 3 N–H and O–H groups in total. The van der Waals surface area contributed by atoms with E-state index in [0.29, 0.717) is 35.2 Å². The van der Waals surface area contributed by atoms with Crippen molar-refractivity contribution in [3.05, 3.63) is 30.4 Å². The Hall–Kier alpha value is -2.57. The van der Waals surface area contributed by atoms with Crippen molar-refractivity contribution in [1.29, 1.82) is 0 Å². The summed E-state index contributed by atoms with van der Waals surface area (Å²) in [6.07, 6.45) is 1.27. The normalized spacial score (nSPS) is 10.8. The number of hydrogen-bond acceptors (Lipinski definition) is 7. The van der Waals surface area contributed by atoms with E-state index in [9.17, 15) is 0 Å². The Balaban J connectivity index is 1.81. The van der Waals surface area contributed by atoms with Gasteiger partial charge in [-0.05, 0) is 18.2 Å². The maximum atomic E-state index is 5.65. The number of oxazole rings is 1. The number of nitrogen functional groups attached to an aromatic ring is 1. The minimum absolute atomic E-state index is 0.388. The zero-order valence-electron chi connectivity index (χ0n) is 8.75. The van der Waals surface area contributed by atoms with Gasteiger partial charge < -0.3 is 20.0 Å². The number of anilines is 2. The van der Waals surface area contributed by atoms with Crippen LogP contribution in [0, 0.1) is 0 Å². The van der Waals surface area contributed by atoms with Crippen molar-refractivity contribution in [2.75, 3.05) is 11.1 Å². The van der Waals surface area contributed by atoms with Crippen LogP contribution in [-0.2, 0) is 6.54 Å². The molecule has 0 aliphatic heterocycles. The van der Waals surface area contributed by atoms with Gasteiger partial charge in [0, 0.05) is 5.69 Å². The van der Waals surface area contributed by atoms with Crippen LogP contribution in [0.2, 0.25) is 0 Å². The van der Waals surface area contributed by atoms with Gasteiger partial charge in [0.15, 0.2) is 11.4 Å². The van der Waals surface area contributed by atoms with E-state index >= 15 is 0 Å². The summed E-state index contributed by atoms with van der Waals surface area (Å²) >= 11 is 0. The minimum atomic E-state index is 0.388. The van der Waals surface area contributed by atoms with E-state index in [1.807, 2.05) is 0 Å². The molecule has 3 aromatic rings. The molecule has 2 aromatic heterocycles. The van der Waals surface area contributed by atoms with Crippen molar-refractivity contribution in [3.8, 4) is 0 Å². The molecular formula is C10H9N5O2. The van der Waals surface area contributed by atoms with Crippen LogP contribution < -0.4 is 11.1 Å². The lowest BCUT2D eigenvalue weighted by Gasteiger charge is -1.94. The van der Waals surface area contributed by atoms with E-state index < -0.39 is 0 Å². The molecule has 0 aliphatic carbocycles. The predicted octanol–water partition coefficient (Wildman–Crippen LogP) is 1.41. The number of nitrogens with one attached hydrogen (secondary N) is 1. The Morgan fingerprint density at radius 2 is 2.29 bits per heavy atom. The molecule has 17 heavy (non-hydrogen) atoms. The lowest BCUT2D eigenvalue weighted by atomic mass is 10.3. The van der Waals surface area contributed by atoms with E-state index in [2.05, 4.69) is 25.0 Å². The Morgan fingerprint density at radius 1 is 1.35 bits per heavy atom. The molecule has 0 atom stereocenters. The first-order chi connectivity index (χ1) is 8.31. The summed E-state index contributed by atoms with van der Waals surface area (Å²) in [5, 5.41) is 6.61. The molecule has 0 bridgehead atoms. The van der Waals surface area contributed by atoms with Gasteiger partial charge in [-0.15, -0.1) is 0 Å². The van der Waals surface area contributed by atoms with Crippen molar-refractivity contribution in [2.24, 2.45) is 0 Å². The van der Waals surface area contributed by atoms with Crippen molar-refractivity contribution < 1.29 is 8.94 Å². The third-order valence-corrected chi connectivity index (χ3v) is 2.22. The zero-order chi connectivity index (χ0) is 11.7. The minimum Gasteiger partial charge on any atom is -0.424 e. The first-order valence-electron chi connectivity index (χ1n) is 4.96. The maximum absolute atomic E-state index is 5.65. The molecule has 0 radical (unpaired) electrons. The second kappa shape index (κ2) is 3.78. The fourth-order valence-electron chi connectivity index (χ4n) is 1.45. The second-order valence-corrected chi connectivity index (χ2v) is 3.45. The molecule has 86 valence electrons. The molecular weight excluding hydrogens is 222 g/mol. The average molecular weight is 231 g/mol. The Bertz CT molecular complexity index is 631. The SMILES string of the molecule is Nc1ccc2oc(NCc3ncon3)nc2c1. The highest BCUT2D eigenvalue weighted by atomic mass is 16.5. The second-order valence-electron chi connectivity index (χ2n) is 3.45. The van der Waals surface area contributed by atoms with Gasteiger partial charge in [-0.25, -0.2) is 0 Å². The lowest BCUT2D eigenvalue weighted by molar-refractivity contribution is 0.410. The first-order valence-corrected chi connectivity index (χ1v) is 4.96. The smallest absolute Gasteiger partial charge is 0.296 e. The molecule has 0 saturated heterocycles. The number of nitrogens with zero attached hydrogens (tertiary/aromatic N) is 3. The summed E-state index contributed by atoms with van der Waals surface area (Å²) in [5.41, 5.74) is 7.68. The average Bonchev–Trinajstić information content (AvgIpc) is 2.94. The van der Waals surface area contributed by atoms with Crippen LogP contribution in [0.5, 0.6) is 0 Å². The molecule has 3 rings (SSSR count). The first kappa shape index (κ1) is 9.64. The molecule has 0 fully saturated rings. The lowest BCUT2D eigenvalue weighted by Crippen LogP contribution is -2.00. The van der Waals surface area contributed by atoms with Crippen LogP contribution >= 0.6 is 0 Å². The maximum Gasteiger partial charge on any atom is 0.296 e. The Kier molecular flexibility index (Phi) is 2.14. The molecule has 7 heteroatoms. The van der Waals surface area contributed by atoms with Gasteiger partial charge in [-0.3, -0.25) is 0 Å². The summed E-state index contributed by atoms with van der Waals surface area (Å²) in [7, 11) is 0. The summed E-state index contributed by atoms with van der Waals surface area (Å²) < 4.78 is 10.1. The monoisotopic (exact) mass is 231 g/mol. The van der Waals surface area contributed by atoms with Crippen LogP contribution in [0.15, 0.2) is 33.5 Å². The predicted molar refractivity (Wildman–Crippen MR) is 60.0 cm³/mol. The van der Waals surface area contributed by atoms with E-state index in [4.69, 9.17) is 10.2 Å². The van der Waals surface area contributed by atoms with Crippen LogP contribution in [-0.4, -0.2) is 15.1 Å². The van der Waals surface area contributed by atoms with E-state index in [-0.39, 0.29) is 0 Å². The van der Waals surface area contributed by atoms with Gasteiger partial charge in [-0.1, -0.05) is 5.16 Å². The number of benzene rings is 1. The number of nitrogens with two attached hydrogens (primary N) is 1. The van der Waals surface area contributed by atoms with Crippen LogP contribution in [0.1, 0.15) is 5.82 Å². The van der Waals surface area contributed by atoms with Crippen LogP contribution in [0.3, 0.4) is 0 Å². The van der Waals surface area contributed by atoms with Gasteiger partial charge in [0.1, 0.15) is 5.52 Å². The Morgan fingerprint density at radius 3 is 3.12 bits per heavy atom. The van der Waals surface area contributed by atoms with Crippen molar-refractivity contribution in [1.82, 2.24) is 15.1 Å². The number of aromatic nitrogens is 3. The Labute approximate surface area is 95.6 Å². The zero-order valence-corrected chi connectivity index (χ0v) is 8.75. The molecule has 1 aromatic carbocycles. The third-order valence-electron chi connectivity index (χ3n) is 2.22. The molecule has 7 nitrogen and oxygen atoms in total. The highest BCUT2D eigenvalue weighted by Crippen LogP contribution is 2.21. The van der Waals surface area contributed by atoms with Gasteiger partial charge >= 0.3 is 0 Å². The highest BCUT2D eigenvalue weighted by Gasteiger charge is 2.06. The van der Waals surface area contributed by atoms with E-state index in [1.165, 1.54) is 6.39 Å². The largest absolute Gasteiger partial charge is 0.424 e. The molecule has 2 heterocycles. The molecule has 0 aliphatic rings. The molecule has 0 spiro atoms. The van der Waals surface area contributed by atoms with Gasteiger partial charge in [-0.2, -0.15) is 9.97 Å². The molecule has 0 unspecified atom stereocenters. The quantitative estimate of drug-likeness (QED) is 0.656. The summed E-state index contributed by atoms with van der Waals surface area (Å²) in [4.78, 5) is 8.10. The van der Waals surface area contributed by atoms with E-state index in [1.54, 1.807) is 18.2 Å². The highest BCUT2D eigenvalue weighted by molar-refractivity contribution is 5.78.